The monoisotopic (exact) mass is 259 g/mol. The second-order valence-electron chi connectivity index (χ2n) is 4.31. The van der Waals surface area contributed by atoms with Crippen molar-refractivity contribution in [3.63, 3.8) is 0 Å². The van der Waals surface area contributed by atoms with Gasteiger partial charge in [-0.15, -0.1) is 0 Å². The number of aryl methyl sites for hydroxylation is 1. The highest BCUT2D eigenvalue weighted by Crippen LogP contribution is 2.23. The molecule has 0 saturated heterocycles. The minimum Gasteiger partial charge on any atom is -0.281 e. The highest BCUT2D eigenvalue weighted by atomic mass is 32.2. The maximum absolute atomic E-state index is 12.2. The van der Waals surface area contributed by atoms with E-state index in [9.17, 15) is 8.42 Å². The summed E-state index contributed by atoms with van der Waals surface area (Å²) in [6, 6.07) is 0. The van der Waals surface area contributed by atoms with Gasteiger partial charge in [0.25, 0.3) is 0 Å². The number of rotatable bonds is 6. The molecule has 0 aliphatic carbocycles. The highest BCUT2D eigenvalue weighted by Gasteiger charge is 2.31. The quantitative estimate of drug-likeness (QED) is 0.820. The van der Waals surface area contributed by atoms with Crippen LogP contribution in [0.4, 0.5) is 0 Å². The fourth-order valence-corrected chi connectivity index (χ4v) is 3.67. The van der Waals surface area contributed by atoms with Crippen LogP contribution < -0.4 is 4.72 Å². The molecule has 6 heteroatoms. The number of nitrogens with zero attached hydrogens (tertiary/aromatic N) is 1. The first-order valence-electron chi connectivity index (χ1n) is 5.94. The van der Waals surface area contributed by atoms with E-state index >= 15 is 0 Å². The van der Waals surface area contributed by atoms with Crippen molar-refractivity contribution >= 4 is 10.0 Å². The molecule has 1 rings (SSSR count). The van der Waals surface area contributed by atoms with Crippen LogP contribution in [0.2, 0.25) is 0 Å². The summed E-state index contributed by atoms with van der Waals surface area (Å²) in [7, 11) is -3.49. The van der Waals surface area contributed by atoms with Gasteiger partial charge in [0.15, 0.2) is 0 Å². The number of hydrogen-bond donors (Lipinski definition) is 2. The number of aromatic nitrogens is 2. The Morgan fingerprint density at radius 2 is 1.82 bits per heavy atom. The second kappa shape index (κ2) is 5.18. The Bertz CT molecular complexity index is 453. The van der Waals surface area contributed by atoms with Crippen LogP contribution in [0.1, 0.15) is 45.7 Å². The van der Waals surface area contributed by atoms with E-state index in [1.165, 1.54) is 6.20 Å². The SMILES string of the molecule is CCC(CC)(CC)NS(=O)(=O)c1cn[nH]c1C. The molecule has 1 heterocycles. The normalized spacial score (nSPS) is 12.9. The molecule has 98 valence electrons. The number of hydrogen-bond acceptors (Lipinski definition) is 3. The van der Waals surface area contributed by atoms with Gasteiger partial charge in [-0.2, -0.15) is 5.10 Å². The fraction of sp³-hybridized carbons (Fsp3) is 0.727. The third kappa shape index (κ3) is 2.87. The van der Waals surface area contributed by atoms with Crippen molar-refractivity contribution in [2.45, 2.75) is 57.4 Å². The van der Waals surface area contributed by atoms with Crippen molar-refractivity contribution in [1.82, 2.24) is 14.9 Å². The topological polar surface area (TPSA) is 74.8 Å². The average molecular weight is 259 g/mol. The zero-order valence-electron chi connectivity index (χ0n) is 10.9. The van der Waals surface area contributed by atoms with E-state index in [1.54, 1.807) is 6.92 Å². The molecular formula is C11H21N3O2S. The Hall–Kier alpha value is -0.880. The number of aromatic amines is 1. The molecule has 0 saturated carbocycles. The van der Waals surface area contributed by atoms with Gasteiger partial charge in [0.05, 0.1) is 11.9 Å². The molecule has 1 aromatic heterocycles. The first kappa shape index (κ1) is 14.2. The lowest BCUT2D eigenvalue weighted by Crippen LogP contribution is -2.47. The molecule has 0 bridgehead atoms. The molecule has 0 spiro atoms. The molecule has 1 aromatic rings. The standard InChI is InChI=1S/C11H21N3O2S/c1-5-11(6-2,7-3)14-17(15,16)10-8-12-13-9(10)4/h8,14H,5-7H2,1-4H3,(H,12,13). The predicted molar refractivity (Wildman–Crippen MR) is 67.3 cm³/mol. The molecule has 17 heavy (non-hydrogen) atoms. The predicted octanol–water partition coefficient (Wildman–Crippen LogP) is 1.97. The molecular weight excluding hydrogens is 238 g/mol. The van der Waals surface area contributed by atoms with Gasteiger partial charge in [-0.1, -0.05) is 20.8 Å². The second-order valence-corrected chi connectivity index (χ2v) is 5.96. The van der Waals surface area contributed by atoms with Crippen LogP contribution >= 0.6 is 0 Å². The van der Waals surface area contributed by atoms with Crippen LogP contribution in [0.25, 0.3) is 0 Å². The average Bonchev–Trinajstić information content (AvgIpc) is 2.73. The maximum Gasteiger partial charge on any atom is 0.244 e. The molecule has 0 fully saturated rings. The molecule has 0 radical (unpaired) electrons. The summed E-state index contributed by atoms with van der Waals surface area (Å²) in [6.07, 6.45) is 3.67. The van der Waals surface area contributed by atoms with Crippen molar-refractivity contribution < 1.29 is 8.42 Å². The summed E-state index contributed by atoms with van der Waals surface area (Å²) in [5.41, 5.74) is 0.206. The summed E-state index contributed by atoms with van der Waals surface area (Å²) < 4.78 is 27.3. The Morgan fingerprint density at radius 3 is 2.18 bits per heavy atom. The van der Waals surface area contributed by atoms with Crippen molar-refractivity contribution in [1.29, 1.82) is 0 Å². The molecule has 0 atom stereocenters. The highest BCUT2D eigenvalue weighted by molar-refractivity contribution is 7.89. The van der Waals surface area contributed by atoms with Gasteiger partial charge in [-0.25, -0.2) is 13.1 Å². The maximum atomic E-state index is 12.2. The summed E-state index contributed by atoms with van der Waals surface area (Å²) in [5.74, 6) is 0. The Kier molecular flexibility index (Phi) is 4.32. The van der Waals surface area contributed by atoms with Crippen LogP contribution in [-0.4, -0.2) is 24.2 Å². The van der Waals surface area contributed by atoms with Gasteiger partial charge >= 0.3 is 0 Å². The zero-order chi connectivity index (χ0) is 13.1. The van der Waals surface area contributed by atoms with Gasteiger partial charge < -0.3 is 0 Å². The van der Waals surface area contributed by atoms with Crippen LogP contribution in [0.5, 0.6) is 0 Å². The van der Waals surface area contributed by atoms with Gasteiger partial charge in [-0.3, -0.25) is 5.10 Å². The fourth-order valence-electron chi connectivity index (χ4n) is 1.92. The molecule has 0 aliphatic heterocycles. The Balaban J connectivity index is 3.05. The Morgan fingerprint density at radius 1 is 1.29 bits per heavy atom. The molecule has 0 aliphatic rings. The first-order chi connectivity index (χ1) is 7.90. The van der Waals surface area contributed by atoms with Crippen molar-refractivity contribution in [2.24, 2.45) is 0 Å². The van der Waals surface area contributed by atoms with Crippen molar-refractivity contribution in [3.8, 4) is 0 Å². The Labute approximate surface area is 103 Å². The van der Waals surface area contributed by atoms with E-state index in [0.29, 0.717) is 5.69 Å². The van der Waals surface area contributed by atoms with E-state index in [1.807, 2.05) is 20.8 Å². The van der Waals surface area contributed by atoms with E-state index in [2.05, 4.69) is 14.9 Å². The summed E-state index contributed by atoms with van der Waals surface area (Å²) >= 11 is 0. The lowest BCUT2D eigenvalue weighted by Gasteiger charge is -2.31. The van der Waals surface area contributed by atoms with Crippen molar-refractivity contribution in [2.75, 3.05) is 0 Å². The van der Waals surface area contributed by atoms with Gasteiger partial charge in [0, 0.05) is 5.54 Å². The van der Waals surface area contributed by atoms with Gasteiger partial charge in [0.2, 0.25) is 10.0 Å². The minimum atomic E-state index is -3.49. The van der Waals surface area contributed by atoms with Crippen LogP contribution in [0.3, 0.4) is 0 Å². The van der Waals surface area contributed by atoms with E-state index in [0.717, 1.165) is 19.3 Å². The number of nitrogens with one attached hydrogen (secondary N) is 2. The molecule has 0 unspecified atom stereocenters. The molecule has 5 nitrogen and oxygen atoms in total. The van der Waals surface area contributed by atoms with Crippen molar-refractivity contribution in [3.05, 3.63) is 11.9 Å². The largest absolute Gasteiger partial charge is 0.281 e. The number of sulfonamides is 1. The number of H-pyrrole nitrogens is 1. The lowest BCUT2D eigenvalue weighted by atomic mass is 9.91. The summed E-state index contributed by atoms with van der Waals surface area (Å²) in [6.45, 7) is 7.69. The minimum absolute atomic E-state index is 0.234. The lowest BCUT2D eigenvalue weighted by molar-refractivity contribution is 0.341. The molecule has 0 amide bonds. The van der Waals surface area contributed by atoms with Crippen LogP contribution in [-0.2, 0) is 10.0 Å². The smallest absolute Gasteiger partial charge is 0.244 e. The van der Waals surface area contributed by atoms with E-state index < -0.39 is 10.0 Å². The first-order valence-corrected chi connectivity index (χ1v) is 7.43. The summed E-state index contributed by atoms with van der Waals surface area (Å²) in [4.78, 5) is 0.234. The van der Waals surface area contributed by atoms with Crippen LogP contribution in [0, 0.1) is 6.92 Å². The summed E-state index contributed by atoms with van der Waals surface area (Å²) in [5, 5.41) is 6.40. The molecule has 0 aromatic carbocycles. The van der Waals surface area contributed by atoms with Gasteiger partial charge in [0.1, 0.15) is 4.90 Å². The van der Waals surface area contributed by atoms with E-state index in [-0.39, 0.29) is 10.4 Å². The third-order valence-electron chi connectivity index (χ3n) is 3.45. The third-order valence-corrected chi connectivity index (χ3v) is 5.15. The van der Waals surface area contributed by atoms with Crippen LogP contribution in [0.15, 0.2) is 11.1 Å². The molecule has 2 N–H and O–H groups in total. The van der Waals surface area contributed by atoms with E-state index in [4.69, 9.17) is 0 Å². The zero-order valence-corrected chi connectivity index (χ0v) is 11.7. The van der Waals surface area contributed by atoms with Gasteiger partial charge in [-0.05, 0) is 26.2 Å².